The quantitative estimate of drug-likeness (QED) is 0.720. The Labute approximate surface area is 165 Å². The van der Waals surface area contributed by atoms with Gasteiger partial charge in [0.1, 0.15) is 11.4 Å². The zero-order chi connectivity index (χ0) is 20.5. The highest BCUT2D eigenvalue weighted by molar-refractivity contribution is 5.93. The Kier molecular flexibility index (Phi) is 4.87. The normalized spacial score (nSPS) is 14.4. The third-order valence-electron chi connectivity index (χ3n) is 5.18. The second-order valence-corrected chi connectivity index (χ2v) is 6.81. The highest BCUT2D eigenvalue weighted by Crippen LogP contribution is 2.26. The lowest BCUT2D eigenvalue weighted by Gasteiger charge is -2.36. The first kappa shape index (κ1) is 18.9. The van der Waals surface area contributed by atoms with Crippen LogP contribution in [0, 0.1) is 5.82 Å². The van der Waals surface area contributed by atoms with Crippen LogP contribution in [-0.4, -0.2) is 51.8 Å². The van der Waals surface area contributed by atoms with E-state index in [9.17, 15) is 19.1 Å². The summed E-state index contributed by atoms with van der Waals surface area (Å²) in [6.07, 6.45) is 4.69. The summed E-state index contributed by atoms with van der Waals surface area (Å²) in [5.74, 6) is -1.21. The van der Waals surface area contributed by atoms with Gasteiger partial charge in [-0.05, 0) is 25.1 Å². The highest BCUT2D eigenvalue weighted by Gasteiger charge is 2.23. The van der Waals surface area contributed by atoms with Crippen LogP contribution in [0.4, 0.5) is 16.0 Å². The predicted octanol–water partition coefficient (Wildman–Crippen LogP) is 1.98. The molecule has 1 fully saturated rings. The first-order valence-electron chi connectivity index (χ1n) is 9.36. The van der Waals surface area contributed by atoms with Gasteiger partial charge in [0.2, 0.25) is 11.4 Å². The van der Waals surface area contributed by atoms with E-state index in [0.717, 1.165) is 6.07 Å². The predicted molar refractivity (Wildman–Crippen MR) is 107 cm³/mol. The topological polar surface area (TPSA) is 91.6 Å². The van der Waals surface area contributed by atoms with Crippen LogP contribution in [-0.2, 0) is 6.54 Å². The van der Waals surface area contributed by atoms with E-state index in [1.807, 2.05) is 16.7 Å². The maximum absolute atomic E-state index is 14.9. The Bertz CT molecular complexity index is 1120. The molecule has 2 aromatic heterocycles. The summed E-state index contributed by atoms with van der Waals surface area (Å²) < 4.78 is 16.6. The third-order valence-corrected chi connectivity index (χ3v) is 5.18. The number of hydrogen-bond acceptors (Lipinski definition) is 6. The van der Waals surface area contributed by atoms with Crippen LogP contribution >= 0.6 is 0 Å². The summed E-state index contributed by atoms with van der Waals surface area (Å²) in [5.41, 5.74) is -0.111. The molecule has 29 heavy (non-hydrogen) atoms. The van der Waals surface area contributed by atoms with Crippen molar-refractivity contribution in [3.8, 4) is 0 Å². The Morgan fingerprint density at radius 1 is 1.14 bits per heavy atom. The minimum Gasteiger partial charge on any atom is -0.477 e. The first-order valence-corrected chi connectivity index (χ1v) is 9.36. The number of carboxylic acid groups (broad SMARTS) is 1. The molecule has 3 aromatic rings. The van der Waals surface area contributed by atoms with Gasteiger partial charge < -0.3 is 19.5 Å². The van der Waals surface area contributed by atoms with Gasteiger partial charge in [0.15, 0.2) is 0 Å². The van der Waals surface area contributed by atoms with Crippen LogP contribution in [0.3, 0.4) is 0 Å². The van der Waals surface area contributed by atoms with Gasteiger partial charge in [-0.1, -0.05) is 0 Å². The number of anilines is 2. The van der Waals surface area contributed by atoms with Crippen molar-refractivity contribution in [1.29, 1.82) is 0 Å². The molecule has 1 saturated heterocycles. The summed E-state index contributed by atoms with van der Waals surface area (Å²) >= 11 is 0. The number of halogens is 1. The first-order chi connectivity index (χ1) is 14.0. The second kappa shape index (κ2) is 7.50. The van der Waals surface area contributed by atoms with E-state index in [-0.39, 0.29) is 10.9 Å². The van der Waals surface area contributed by atoms with Crippen molar-refractivity contribution in [2.45, 2.75) is 13.5 Å². The van der Waals surface area contributed by atoms with Gasteiger partial charge in [0.05, 0.1) is 11.2 Å². The molecule has 0 radical (unpaired) electrons. The standard InChI is InChI=1S/C20H20FN5O3/c1-2-24-12-14(19(28)29)18(27)13-10-15(21)17(11-16(13)24)25-6-8-26(9-7-25)20-22-4-3-5-23-20/h3-5,10-12H,2,6-9H2,1H3,(H,28,29). The van der Waals surface area contributed by atoms with Crippen molar-refractivity contribution in [1.82, 2.24) is 14.5 Å². The van der Waals surface area contributed by atoms with E-state index < -0.39 is 17.2 Å². The maximum atomic E-state index is 14.9. The molecule has 0 spiro atoms. The summed E-state index contributed by atoms with van der Waals surface area (Å²) in [7, 11) is 0. The van der Waals surface area contributed by atoms with Crippen LogP contribution < -0.4 is 15.2 Å². The number of hydrogen-bond donors (Lipinski definition) is 1. The van der Waals surface area contributed by atoms with Gasteiger partial charge in [-0.25, -0.2) is 19.2 Å². The average molecular weight is 397 g/mol. The van der Waals surface area contributed by atoms with Gasteiger partial charge in [-0.2, -0.15) is 0 Å². The van der Waals surface area contributed by atoms with Gasteiger partial charge >= 0.3 is 5.97 Å². The van der Waals surface area contributed by atoms with E-state index in [2.05, 4.69) is 9.97 Å². The molecular formula is C20H20FN5O3. The number of rotatable bonds is 4. The lowest BCUT2D eigenvalue weighted by atomic mass is 10.1. The molecule has 8 nitrogen and oxygen atoms in total. The molecule has 1 aliphatic rings. The fourth-order valence-corrected chi connectivity index (χ4v) is 3.66. The van der Waals surface area contributed by atoms with Gasteiger partial charge in [-0.15, -0.1) is 0 Å². The molecule has 0 saturated carbocycles. The van der Waals surface area contributed by atoms with Gasteiger partial charge in [0.25, 0.3) is 0 Å². The summed E-state index contributed by atoms with van der Waals surface area (Å²) in [5, 5.41) is 9.33. The minimum absolute atomic E-state index is 0.0734. The van der Waals surface area contributed by atoms with Crippen LogP contribution in [0.2, 0.25) is 0 Å². The zero-order valence-electron chi connectivity index (χ0n) is 15.9. The SMILES string of the molecule is CCn1cc(C(=O)O)c(=O)c2cc(F)c(N3CCN(c4ncccn4)CC3)cc21. The number of pyridine rings is 1. The van der Waals surface area contributed by atoms with Crippen molar-refractivity contribution < 1.29 is 14.3 Å². The van der Waals surface area contributed by atoms with Crippen LogP contribution in [0.25, 0.3) is 10.9 Å². The minimum atomic E-state index is -1.32. The molecular weight excluding hydrogens is 377 g/mol. The number of nitrogens with zero attached hydrogens (tertiary/aromatic N) is 5. The Hall–Kier alpha value is -3.49. The van der Waals surface area contributed by atoms with Crippen LogP contribution in [0.1, 0.15) is 17.3 Å². The lowest BCUT2D eigenvalue weighted by Crippen LogP contribution is -2.47. The molecule has 4 rings (SSSR count). The monoisotopic (exact) mass is 397 g/mol. The van der Waals surface area contributed by atoms with E-state index in [1.165, 1.54) is 6.20 Å². The Morgan fingerprint density at radius 2 is 1.79 bits per heavy atom. The maximum Gasteiger partial charge on any atom is 0.341 e. The Morgan fingerprint density at radius 3 is 2.41 bits per heavy atom. The second-order valence-electron chi connectivity index (χ2n) is 6.81. The number of benzene rings is 1. The number of aromatic nitrogens is 3. The fraction of sp³-hybridized carbons (Fsp3) is 0.300. The summed E-state index contributed by atoms with van der Waals surface area (Å²) in [6, 6.07) is 4.54. The van der Waals surface area contributed by atoms with Gasteiger partial charge in [-0.3, -0.25) is 4.79 Å². The van der Waals surface area contributed by atoms with Crippen molar-refractivity contribution in [2.75, 3.05) is 36.0 Å². The van der Waals surface area contributed by atoms with E-state index >= 15 is 0 Å². The Balaban J connectivity index is 1.68. The van der Waals surface area contributed by atoms with E-state index in [1.54, 1.807) is 29.1 Å². The average Bonchev–Trinajstić information content (AvgIpc) is 2.74. The van der Waals surface area contributed by atoms with Crippen LogP contribution in [0.15, 0.2) is 41.6 Å². The molecule has 150 valence electrons. The molecule has 1 N–H and O–H groups in total. The summed E-state index contributed by atoms with van der Waals surface area (Å²) in [6.45, 7) is 4.73. The smallest absolute Gasteiger partial charge is 0.341 e. The molecule has 3 heterocycles. The third kappa shape index (κ3) is 3.39. The molecule has 9 heteroatoms. The number of aryl methyl sites for hydroxylation is 1. The number of carbonyl (C=O) groups is 1. The summed E-state index contributed by atoms with van der Waals surface area (Å²) in [4.78, 5) is 36.3. The molecule has 1 aromatic carbocycles. The van der Waals surface area contributed by atoms with E-state index in [0.29, 0.717) is 49.9 Å². The zero-order valence-corrected chi connectivity index (χ0v) is 15.9. The van der Waals surface area contributed by atoms with E-state index in [4.69, 9.17) is 0 Å². The van der Waals surface area contributed by atoms with Crippen molar-refractivity contribution in [2.24, 2.45) is 0 Å². The molecule has 0 amide bonds. The molecule has 0 bridgehead atoms. The number of carboxylic acids is 1. The molecule has 0 unspecified atom stereocenters. The largest absolute Gasteiger partial charge is 0.477 e. The lowest BCUT2D eigenvalue weighted by molar-refractivity contribution is 0.0695. The highest BCUT2D eigenvalue weighted by atomic mass is 19.1. The number of piperazine rings is 1. The number of fused-ring (bicyclic) bond motifs is 1. The van der Waals surface area contributed by atoms with Crippen molar-refractivity contribution >= 4 is 28.5 Å². The molecule has 0 atom stereocenters. The molecule has 1 aliphatic heterocycles. The van der Waals surface area contributed by atoms with Crippen molar-refractivity contribution in [3.05, 3.63) is 58.4 Å². The van der Waals surface area contributed by atoms with Crippen LogP contribution in [0.5, 0.6) is 0 Å². The van der Waals surface area contributed by atoms with Crippen molar-refractivity contribution in [3.63, 3.8) is 0 Å². The number of aromatic carboxylic acids is 1. The molecule has 0 aliphatic carbocycles. The fourth-order valence-electron chi connectivity index (χ4n) is 3.66. The van der Waals surface area contributed by atoms with Gasteiger partial charge in [0, 0.05) is 56.7 Å².